The SMILES string of the molecule is CCCn1cc(SN2CCC(c3ccc4c(cnn4-c4ccc(F)cc4)c3)CC2C)cn1. The van der Waals surface area contributed by atoms with E-state index in [9.17, 15) is 4.39 Å². The molecule has 4 aromatic rings. The molecule has 5 nitrogen and oxygen atoms in total. The number of piperidine rings is 1. The molecule has 2 unspecified atom stereocenters. The summed E-state index contributed by atoms with van der Waals surface area (Å²) in [4.78, 5) is 1.22. The maximum atomic E-state index is 13.3. The van der Waals surface area contributed by atoms with Gasteiger partial charge in [0.05, 0.1) is 28.5 Å². The summed E-state index contributed by atoms with van der Waals surface area (Å²) in [6.07, 6.45) is 9.41. The average molecular weight is 450 g/mol. The molecule has 3 heterocycles. The molecule has 0 radical (unpaired) electrons. The molecule has 7 heteroatoms. The van der Waals surface area contributed by atoms with E-state index in [2.05, 4.69) is 52.7 Å². The number of aromatic nitrogens is 4. The first-order chi connectivity index (χ1) is 15.6. The third-order valence-corrected chi connectivity index (χ3v) is 7.43. The van der Waals surface area contributed by atoms with E-state index in [0.29, 0.717) is 12.0 Å². The molecule has 1 fully saturated rings. The predicted octanol–water partition coefficient (Wildman–Crippen LogP) is 6.05. The number of hydrogen-bond donors (Lipinski definition) is 0. The lowest BCUT2D eigenvalue weighted by Gasteiger charge is -2.36. The van der Waals surface area contributed by atoms with Gasteiger partial charge in [-0.05, 0) is 86.0 Å². The standard InChI is InChI=1S/C25H28FN5S/c1-3-11-29-17-24(16-27-29)32-30-12-10-20(13-18(30)2)19-4-9-25-21(14-19)15-28-31(25)23-7-5-22(26)6-8-23/h4-9,14-18,20H,3,10-13H2,1-2H3. The summed E-state index contributed by atoms with van der Waals surface area (Å²) >= 11 is 1.83. The van der Waals surface area contributed by atoms with Crippen LogP contribution in [-0.4, -0.2) is 36.5 Å². The Morgan fingerprint density at radius 1 is 1.09 bits per heavy atom. The Bertz CT molecular complexity index is 1200. The maximum absolute atomic E-state index is 13.3. The van der Waals surface area contributed by atoms with E-state index < -0.39 is 0 Å². The minimum absolute atomic E-state index is 0.235. The molecule has 1 saturated heterocycles. The minimum atomic E-state index is -0.235. The van der Waals surface area contributed by atoms with Crippen LogP contribution in [0.2, 0.25) is 0 Å². The van der Waals surface area contributed by atoms with Crippen molar-refractivity contribution in [1.29, 1.82) is 0 Å². The van der Waals surface area contributed by atoms with Crippen LogP contribution in [0, 0.1) is 5.82 Å². The summed E-state index contributed by atoms with van der Waals surface area (Å²) in [5.74, 6) is 0.309. The number of fused-ring (bicyclic) bond motifs is 1. The Morgan fingerprint density at radius 2 is 1.94 bits per heavy atom. The van der Waals surface area contributed by atoms with Crippen LogP contribution >= 0.6 is 11.9 Å². The Hall–Kier alpha value is -2.64. The van der Waals surface area contributed by atoms with Crippen LogP contribution in [0.1, 0.15) is 44.6 Å². The monoisotopic (exact) mass is 449 g/mol. The lowest BCUT2D eigenvalue weighted by molar-refractivity contribution is 0.266. The molecule has 0 amide bonds. The molecule has 2 aromatic heterocycles. The van der Waals surface area contributed by atoms with Crippen molar-refractivity contribution in [2.45, 2.75) is 56.5 Å². The third-order valence-electron chi connectivity index (χ3n) is 6.23. The zero-order chi connectivity index (χ0) is 22.1. The van der Waals surface area contributed by atoms with Crippen LogP contribution in [0.5, 0.6) is 0 Å². The van der Waals surface area contributed by atoms with Crippen LogP contribution in [0.15, 0.2) is 66.0 Å². The molecule has 2 aromatic carbocycles. The van der Waals surface area contributed by atoms with Crippen LogP contribution in [0.25, 0.3) is 16.6 Å². The first-order valence-electron chi connectivity index (χ1n) is 11.3. The van der Waals surface area contributed by atoms with E-state index in [4.69, 9.17) is 0 Å². The molecule has 0 N–H and O–H groups in total. The minimum Gasteiger partial charge on any atom is -0.272 e. The lowest BCUT2D eigenvalue weighted by atomic mass is 9.86. The van der Waals surface area contributed by atoms with Crippen molar-refractivity contribution in [3.8, 4) is 5.69 Å². The fraction of sp³-hybridized carbons (Fsp3) is 0.360. The Morgan fingerprint density at radius 3 is 2.72 bits per heavy atom. The number of nitrogens with zero attached hydrogens (tertiary/aromatic N) is 5. The molecule has 0 spiro atoms. The van der Waals surface area contributed by atoms with Crippen molar-refractivity contribution in [3.05, 3.63) is 72.4 Å². The molecular formula is C25H28FN5S. The zero-order valence-corrected chi connectivity index (χ0v) is 19.3. The Kier molecular flexibility index (Phi) is 6.02. The van der Waals surface area contributed by atoms with Gasteiger partial charge in [0.2, 0.25) is 0 Å². The smallest absolute Gasteiger partial charge is 0.123 e. The summed E-state index contributed by atoms with van der Waals surface area (Å²) in [5.41, 5.74) is 3.30. The highest BCUT2D eigenvalue weighted by Gasteiger charge is 2.27. The fourth-order valence-corrected chi connectivity index (χ4v) is 5.56. The normalized spacial score (nSPS) is 19.6. The number of hydrogen-bond acceptors (Lipinski definition) is 4. The largest absolute Gasteiger partial charge is 0.272 e. The number of benzene rings is 2. The average Bonchev–Trinajstić information content (AvgIpc) is 3.42. The second kappa shape index (κ2) is 9.08. The molecule has 0 bridgehead atoms. The van der Waals surface area contributed by atoms with Crippen molar-refractivity contribution < 1.29 is 4.39 Å². The van der Waals surface area contributed by atoms with Gasteiger partial charge < -0.3 is 0 Å². The highest BCUT2D eigenvalue weighted by Crippen LogP contribution is 2.37. The van der Waals surface area contributed by atoms with Crippen LogP contribution in [-0.2, 0) is 6.54 Å². The molecule has 5 rings (SSSR count). The van der Waals surface area contributed by atoms with Gasteiger partial charge in [0.15, 0.2) is 0 Å². The zero-order valence-electron chi connectivity index (χ0n) is 18.5. The van der Waals surface area contributed by atoms with Gasteiger partial charge in [0, 0.05) is 30.7 Å². The highest BCUT2D eigenvalue weighted by molar-refractivity contribution is 7.97. The fourth-order valence-electron chi connectivity index (χ4n) is 4.56. The van der Waals surface area contributed by atoms with E-state index >= 15 is 0 Å². The molecule has 166 valence electrons. The van der Waals surface area contributed by atoms with Gasteiger partial charge in [-0.15, -0.1) is 0 Å². The van der Waals surface area contributed by atoms with Gasteiger partial charge >= 0.3 is 0 Å². The molecule has 0 aliphatic carbocycles. The molecule has 0 saturated carbocycles. The van der Waals surface area contributed by atoms with Crippen molar-refractivity contribution in [2.75, 3.05) is 6.54 Å². The Labute approximate surface area is 192 Å². The van der Waals surface area contributed by atoms with Crippen molar-refractivity contribution >= 4 is 22.9 Å². The Balaban J connectivity index is 1.28. The summed E-state index contributed by atoms with van der Waals surface area (Å²) < 4.78 is 19.7. The van der Waals surface area contributed by atoms with Crippen molar-refractivity contribution in [1.82, 2.24) is 23.9 Å². The van der Waals surface area contributed by atoms with Gasteiger partial charge in [-0.2, -0.15) is 10.2 Å². The lowest BCUT2D eigenvalue weighted by Crippen LogP contribution is -2.35. The number of aryl methyl sites for hydroxylation is 1. The summed E-state index contributed by atoms with van der Waals surface area (Å²) in [6.45, 7) is 6.52. The first-order valence-corrected chi connectivity index (χ1v) is 12.1. The summed E-state index contributed by atoms with van der Waals surface area (Å²) in [5, 5.41) is 10.1. The summed E-state index contributed by atoms with van der Waals surface area (Å²) in [6, 6.07) is 13.6. The van der Waals surface area contributed by atoms with Gasteiger partial charge in [0.25, 0.3) is 0 Å². The third kappa shape index (κ3) is 4.32. The quantitative estimate of drug-likeness (QED) is 0.336. The van der Waals surface area contributed by atoms with E-state index in [1.54, 1.807) is 12.1 Å². The van der Waals surface area contributed by atoms with E-state index in [0.717, 1.165) is 48.9 Å². The predicted molar refractivity (Wildman–Crippen MR) is 128 cm³/mol. The van der Waals surface area contributed by atoms with Crippen LogP contribution in [0.3, 0.4) is 0 Å². The number of halogens is 1. The van der Waals surface area contributed by atoms with Crippen LogP contribution < -0.4 is 0 Å². The molecular weight excluding hydrogens is 421 g/mol. The topological polar surface area (TPSA) is 38.9 Å². The summed E-state index contributed by atoms with van der Waals surface area (Å²) in [7, 11) is 0. The number of rotatable bonds is 6. The van der Waals surface area contributed by atoms with Crippen molar-refractivity contribution in [3.63, 3.8) is 0 Å². The van der Waals surface area contributed by atoms with Gasteiger partial charge in [-0.25, -0.2) is 13.4 Å². The van der Waals surface area contributed by atoms with E-state index in [1.807, 2.05) is 33.7 Å². The maximum Gasteiger partial charge on any atom is 0.123 e. The van der Waals surface area contributed by atoms with Gasteiger partial charge in [-0.3, -0.25) is 4.68 Å². The highest BCUT2D eigenvalue weighted by atomic mass is 32.2. The van der Waals surface area contributed by atoms with E-state index in [-0.39, 0.29) is 5.82 Å². The van der Waals surface area contributed by atoms with Gasteiger partial charge in [0.1, 0.15) is 5.82 Å². The first kappa shape index (κ1) is 21.2. The van der Waals surface area contributed by atoms with Crippen LogP contribution in [0.4, 0.5) is 4.39 Å². The second-order valence-corrected chi connectivity index (χ2v) is 9.72. The molecule has 32 heavy (non-hydrogen) atoms. The molecule has 1 aliphatic heterocycles. The van der Waals surface area contributed by atoms with E-state index in [1.165, 1.54) is 22.6 Å². The molecule has 2 atom stereocenters. The van der Waals surface area contributed by atoms with Gasteiger partial charge in [-0.1, -0.05) is 13.0 Å². The molecule has 1 aliphatic rings. The van der Waals surface area contributed by atoms with Crippen molar-refractivity contribution in [2.24, 2.45) is 0 Å². The second-order valence-electron chi connectivity index (χ2n) is 8.59.